The summed E-state index contributed by atoms with van der Waals surface area (Å²) in [6, 6.07) is 6.28. The van der Waals surface area contributed by atoms with E-state index in [2.05, 4.69) is 9.98 Å². The van der Waals surface area contributed by atoms with Crippen molar-refractivity contribution < 1.29 is 55.2 Å². The number of aliphatic hydroxyl groups excluding tert-OH is 2. The highest BCUT2D eigenvalue weighted by molar-refractivity contribution is 7.86. The second-order valence-electron chi connectivity index (χ2n) is 7.80. The number of alkyl halides is 2. The van der Waals surface area contributed by atoms with Crippen LogP contribution in [-0.2, 0) is 29.8 Å². The summed E-state index contributed by atoms with van der Waals surface area (Å²) >= 11 is 12.4. The third-order valence-corrected chi connectivity index (χ3v) is 7.61. The van der Waals surface area contributed by atoms with Crippen molar-refractivity contribution in [1.82, 2.24) is 0 Å². The van der Waals surface area contributed by atoms with E-state index in [4.69, 9.17) is 42.9 Å². The lowest BCUT2D eigenvalue weighted by atomic mass is 9.92. The molecule has 2 aromatic rings. The van der Waals surface area contributed by atoms with Crippen LogP contribution in [0.2, 0.25) is 0 Å². The van der Waals surface area contributed by atoms with Gasteiger partial charge in [-0.05, 0) is 36.4 Å². The molecule has 0 aromatic heterocycles. The molecule has 0 spiro atoms. The number of ketones is 2. The van der Waals surface area contributed by atoms with Gasteiger partial charge in [0.25, 0.3) is 20.2 Å². The molecular weight excluding hydrogens is 619 g/mol. The van der Waals surface area contributed by atoms with Gasteiger partial charge in [-0.1, -0.05) is 0 Å². The van der Waals surface area contributed by atoms with Crippen LogP contribution in [0.4, 0.5) is 11.4 Å². The summed E-state index contributed by atoms with van der Waals surface area (Å²) in [7, 11) is -9.66. The number of carbonyl (C=O) groups is 2. The summed E-state index contributed by atoms with van der Waals surface area (Å²) in [4.78, 5) is 32.4. The Morgan fingerprint density at radius 2 is 1.05 bits per heavy atom. The molecule has 1 fully saturated rings. The van der Waals surface area contributed by atoms with E-state index in [9.17, 15) is 35.5 Å². The molecule has 18 heteroatoms. The minimum absolute atomic E-state index is 0.216. The summed E-state index contributed by atoms with van der Waals surface area (Å²) in [6.07, 6.45) is 0. The number of ether oxygens (including phenoxy) is 2. The summed E-state index contributed by atoms with van der Waals surface area (Å²) in [5, 5.41) is 14.3. The molecule has 2 unspecified atom stereocenters. The van der Waals surface area contributed by atoms with Gasteiger partial charge in [-0.25, -0.2) is 9.98 Å². The predicted molar refractivity (Wildman–Crippen MR) is 141 cm³/mol. The first-order chi connectivity index (χ1) is 18.7. The SMILES string of the molecule is O=C1C(=Nc2ccc(OCCO)c(S(=O)(=O)O)c2)C(Cl)C(=O)C(=Nc2ccc(OCCO)c(S(=O)(=O)O)c2)C1Cl. The molecule has 0 bridgehead atoms. The van der Waals surface area contributed by atoms with Crippen LogP contribution in [0.1, 0.15) is 0 Å². The Bertz CT molecular complexity index is 1490. The molecule has 0 saturated heterocycles. The van der Waals surface area contributed by atoms with Crippen molar-refractivity contribution in [2.24, 2.45) is 9.98 Å². The summed E-state index contributed by atoms with van der Waals surface area (Å²) in [5.74, 6) is -2.58. The van der Waals surface area contributed by atoms with E-state index in [0.29, 0.717) is 0 Å². The van der Waals surface area contributed by atoms with Gasteiger partial charge in [-0.3, -0.25) is 18.7 Å². The molecule has 0 aliphatic heterocycles. The fourth-order valence-electron chi connectivity index (χ4n) is 3.34. The van der Waals surface area contributed by atoms with Crippen molar-refractivity contribution in [3.8, 4) is 11.5 Å². The van der Waals surface area contributed by atoms with Crippen LogP contribution < -0.4 is 9.47 Å². The molecule has 1 aliphatic carbocycles. The van der Waals surface area contributed by atoms with Crippen molar-refractivity contribution in [1.29, 1.82) is 0 Å². The van der Waals surface area contributed by atoms with Crippen LogP contribution >= 0.6 is 23.2 Å². The lowest BCUT2D eigenvalue weighted by molar-refractivity contribution is -0.116. The van der Waals surface area contributed by atoms with Gasteiger partial charge in [0.15, 0.2) is 0 Å². The Hall–Kier alpha value is -2.96. The van der Waals surface area contributed by atoms with Gasteiger partial charge in [0.2, 0.25) is 11.6 Å². The van der Waals surface area contributed by atoms with Crippen LogP contribution in [0.25, 0.3) is 0 Å². The Balaban J connectivity index is 2.01. The molecule has 14 nitrogen and oxygen atoms in total. The molecule has 216 valence electrons. The van der Waals surface area contributed by atoms with Crippen molar-refractivity contribution in [3.05, 3.63) is 36.4 Å². The zero-order valence-corrected chi connectivity index (χ0v) is 23.1. The van der Waals surface area contributed by atoms with Gasteiger partial charge in [-0.15, -0.1) is 23.2 Å². The molecule has 0 amide bonds. The van der Waals surface area contributed by atoms with Gasteiger partial charge in [-0.2, -0.15) is 16.8 Å². The third kappa shape index (κ3) is 7.21. The van der Waals surface area contributed by atoms with Gasteiger partial charge in [0.1, 0.15) is 56.7 Å². The van der Waals surface area contributed by atoms with Gasteiger partial charge in [0.05, 0.1) is 24.6 Å². The Morgan fingerprint density at radius 1 is 0.700 bits per heavy atom. The van der Waals surface area contributed by atoms with Crippen LogP contribution in [0, 0.1) is 0 Å². The number of benzene rings is 2. The number of aliphatic hydroxyl groups is 2. The Morgan fingerprint density at radius 3 is 1.35 bits per heavy atom. The van der Waals surface area contributed by atoms with Crippen molar-refractivity contribution in [2.45, 2.75) is 20.5 Å². The first-order valence-electron chi connectivity index (χ1n) is 10.9. The topological polar surface area (TPSA) is 227 Å². The van der Waals surface area contributed by atoms with E-state index in [1.165, 1.54) is 12.1 Å². The number of nitrogens with zero attached hydrogens (tertiary/aromatic N) is 2. The highest BCUT2D eigenvalue weighted by Crippen LogP contribution is 2.32. The predicted octanol–water partition coefficient (Wildman–Crippen LogP) is 1.13. The maximum atomic E-state index is 13.0. The maximum Gasteiger partial charge on any atom is 0.298 e. The fraction of sp³-hybridized carbons (Fsp3) is 0.273. The molecular formula is C22H20Cl2N2O12S2. The molecule has 40 heavy (non-hydrogen) atoms. The van der Waals surface area contributed by atoms with E-state index < -0.39 is 77.0 Å². The second-order valence-corrected chi connectivity index (χ2v) is 11.5. The Kier molecular flexibility index (Phi) is 10.0. The van der Waals surface area contributed by atoms with Crippen molar-refractivity contribution in [3.63, 3.8) is 0 Å². The van der Waals surface area contributed by atoms with E-state index in [1.807, 2.05) is 0 Å². The van der Waals surface area contributed by atoms with Crippen LogP contribution in [0.15, 0.2) is 56.2 Å². The average molecular weight is 639 g/mol. The number of carbonyl (C=O) groups excluding carboxylic acids is 2. The van der Waals surface area contributed by atoms with E-state index in [1.54, 1.807) is 0 Å². The summed E-state index contributed by atoms with van der Waals surface area (Å²) < 4.78 is 76.3. The van der Waals surface area contributed by atoms with Crippen LogP contribution in [0.5, 0.6) is 11.5 Å². The minimum Gasteiger partial charge on any atom is -0.490 e. The maximum absolute atomic E-state index is 13.0. The average Bonchev–Trinajstić information content (AvgIpc) is 2.89. The highest BCUT2D eigenvalue weighted by Gasteiger charge is 2.44. The van der Waals surface area contributed by atoms with Crippen molar-refractivity contribution >= 4 is 77.8 Å². The van der Waals surface area contributed by atoms with Gasteiger partial charge < -0.3 is 19.7 Å². The molecule has 2 atom stereocenters. The van der Waals surface area contributed by atoms with Gasteiger partial charge >= 0.3 is 0 Å². The highest BCUT2D eigenvalue weighted by atomic mass is 35.5. The van der Waals surface area contributed by atoms with E-state index in [0.717, 1.165) is 24.3 Å². The standard InChI is InChI=1S/C22H20Cl2N2O12S2/c23-17-19(25-11-1-3-13(37-7-5-27)15(9-11)39(31,32)33)21(29)18(24)20(22(17)30)26-12-2-4-14(38-8-6-28)16(10-12)40(34,35)36/h1-4,9-10,17-18,27-28H,5-8H2,(H,31,32,33)(H,34,35,36). The molecule has 3 rings (SSSR count). The fourth-order valence-corrected chi connectivity index (χ4v) is 5.18. The summed E-state index contributed by atoms with van der Waals surface area (Å²) in [5.41, 5.74) is -1.57. The normalized spacial score (nSPS) is 20.2. The monoisotopic (exact) mass is 638 g/mol. The first-order valence-corrected chi connectivity index (χ1v) is 14.7. The molecule has 1 aliphatic rings. The zero-order valence-electron chi connectivity index (χ0n) is 20.0. The smallest absolute Gasteiger partial charge is 0.298 e. The number of hydrogen-bond donors (Lipinski definition) is 4. The summed E-state index contributed by atoms with van der Waals surface area (Å²) in [6.45, 7) is -1.46. The molecule has 1 saturated carbocycles. The Labute approximate surface area is 237 Å². The molecule has 0 heterocycles. The van der Waals surface area contributed by atoms with E-state index in [-0.39, 0.29) is 36.1 Å². The quantitative estimate of drug-likeness (QED) is 0.212. The lowest BCUT2D eigenvalue weighted by Gasteiger charge is -2.22. The number of rotatable bonds is 10. The molecule has 2 aromatic carbocycles. The van der Waals surface area contributed by atoms with Gasteiger partial charge in [0, 0.05) is 0 Å². The second kappa shape index (κ2) is 12.7. The van der Waals surface area contributed by atoms with Crippen LogP contribution in [0.3, 0.4) is 0 Å². The number of Topliss-reactive ketones (excluding diaryl/α,β-unsaturated/α-hetero) is 2. The van der Waals surface area contributed by atoms with E-state index >= 15 is 0 Å². The van der Waals surface area contributed by atoms with Crippen molar-refractivity contribution in [2.75, 3.05) is 26.4 Å². The number of aliphatic imine (C=N–C) groups is 2. The van der Waals surface area contributed by atoms with Crippen LogP contribution in [-0.4, -0.2) is 96.3 Å². The lowest BCUT2D eigenvalue weighted by Crippen LogP contribution is -2.50. The number of halogens is 2. The number of hydrogen-bond acceptors (Lipinski definition) is 12. The third-order valence-electron chi connectivity index (χ3n) is 5.05. The first kappa shape index (κ1) is 31.6. The molecule has 4 N–H and O–H groups in total. The zero-order chi connectivity index (χ0) is 29.8. The minimum atomic E-state index is -4.83. The largest absolute Gasteiger partial charge is 0.490 e. The molecule has 0 radical (unpaired) electrons.